The smallest absolute Gasteiger partial charge is 0.326 e. The second-order valence-corrected chi connectivity index (χ2v) is 9.81. The first-order chi connectivity index (χ1) is 18.5. The first kappa shape index (κ1) is 25.3. The number of carbonyl (C=O) groups is 2. The van der Waals surface area contributed by atoms with Crippen molar-refractivity contribution >= 4 is 11.9 Å². The minimum absolute atomic E-state index is 0.198. The van der Waals surface area contributed by atoms with Gasteiger partial charge in [0, 0.05) is 13.0 Å². The van der Waals surface area contributed by atoms with Gasteiger partial charge in [0.15, 0.2) is 0 Å². The van der Waals surface area contributed by atoms with Crippen LogP contribution >= 0.6 is 0 Å². The molecule has 4 aromatic rings. The van der Waals surface area contributed by atoms with E-state index in [1.165, 1.54) is 0 Å². The summed E-state index contributed by atoms with van der Waals surface area (Å²) >= 11 is 0. The number of amides is 1. The lowest BCUT2D eigenvalue weighted by Gasteiger charge is -2.37. The summed E-state index contributed by atoms with van der Waals surface area (Å²) in [6.45, 7) is 2.28. The molecule has 5 rings (SSSR count). The molecule has 1 heterocycles. The van der Waals surface area contributed by atoms with Gasteiger partial charge in [-0.1, -0.05) is 91.0 Å². The number of aryl methyl sites for hydroxylation is 1. The molecule has 0 aliphatic carbocycles. The summed E-state index contributed by atoms with van der Waals surface area (Å²) in [5.74, 6) is -0.919. The van der Waals surface area contributed by atoms with Crippen LogP contribution in [-0.2, 0) is 29.0 Å². The summed E-state index contributed by atoms with van der Waals surface area (Å²) in [6, 6.07) is 30.4. The van der Waals surface area contributed by atoms with Crippen LogP contribution in [0.25, 0.3) is 0 Å². The van der Waals surface area contributed by atoms with Crippen molar-refractivity contribution in [1.82, 2.24) is 4.90 Å². The number of benzene rings is 4. The minimum Gasteiger partial charge on any atom is -0.496 e. The monoisotopic (exact) mass is 505 g/mol. The van der Waals surface area contributed by atoms with E-state index in [1.54, 1.807) is 12.0 Å². The molecular formula is C33H31NO4. The van der Waals surface area contributed by atoms with Crippen molar-refractivity contribution in [3.05, 3.63) is 136 Å². The Bertz CT molecular complexity index is 1410. The number of carbonyl (C=O) groups excluding carboxylic acids is 1. The Hall–Kier alpha value is -4.38. The third-order valence-corrected chi connectivity index (χ3v) is 7.42. The topological polar surface area (TPSA) is 66.8 Å². The predicted molar refractivity (Wildman–Crippen MR) is 147 cm³/mol. The van der Waals surface area contributed by atoms with E-state index < -0.39 is 17.9 Å². The Balaban J connectivity index is 1.50. The van der Waals surface area contributed by atoms with E-state index in [1.807, 2.05) is 91.9 Å². The van der Waals surface area contributed by atoms with Gasteiger partial charge in [0.1, 0.15) is 11.8 Å². The molecule has 0 aromatic heterocycles. The van der Waals surface area contributed by atoms with Gasteiger partial charge in [-0.3, -0.25) is 4.79 Å². The Kier molecular flexibility index (Phi) is 7.27. The van der Waals surface area contributed by atoms with E-state index >= 15 is 0 Å². The highest BCUT2D eigenvalue weighted by molar-refractivity contribution is 5.91. The van der Waals surface area contributed by atoms with Crippen LogP contribution in [0.3, 0.4) is 0 Å². The van der Waals surface area contributed by atoms with Gasteiger partial charge in [0.05, 0.1) is 13.0 Å². The van der Waals surface area contributed by atoms with Crippen molar-refractivity contribution in [2.75, 3.05) is 7.11 Å². The fourth-order valence-electron chi connectivity index (χ4n) is 5.52. The summed E-state index contributed by atoms with van der Waals surface area (Å²) in [7, 11) is 1.66. The molecule has 1 N–H and O–H groups in total. The number of ether oxygens (including phenoxy) is 1. The highest BCUT2D eigenvalue weighted by Crippen LogP contribution is 2.34. The van der Waals surface area contributed by atoms with Crippen LogP contribution in [0.1, 0.15) is 44.9 Å². The van der Waals surface area contributed by atoms with Crippen LogP contribution in [0, 0.1) is 6.92 Å². The largest absolute Gasteiger partial charge is 0.496 e. The molecule has 1 unspecified atom stereocenters. The van der Waals surface area contributed by atoms with Crippen LogP contribution < -0.4 is 4.74 Å². The SMILES string of the molecule is COc1ccc(Cc2cccc3c2CC(C(=O)O)N(C(=O)C(c2ccccc2)c2ccccc2)C3)cc1C. The Morgan fingerprint density at radius 1 is 0.921 bits per heavy atom. The Morgan fingerprint density at radius 2 is 1.58 bits per heavy atom. The molecule has 1 aliphatic rings. The van der Waals surface area contributed by atoms with Gasteiger partial charge >= 0.3 is 5.97 Å². The van der Waals surface area contributed by atoms with Gasteiger partial charge in [-0.2, -0.15) is 0 Å². The maximum atomic E-state index is 14.1. The highest BCUT2D eigenvalue weighted by Gasteiger charge is 2.39. The standard InChI is InChI=1S/C33H31NO4/c1-22-18-23(16-17-30(22)38-2)19-26-14-9-15-27-21-34(29(33(36)37)20-28(26)27)32(35)31(24-10-5-3-6-11-24)25-12-7-4-8-13-25/h3-18,29,31H,19-21H2,1-2H3,(H,36,37). The fourth-order valence-corrected chi connectivity index (χ4v) is 5.52. The lowest BCUT2D eigenvalue weighted by atomic mass is 9.85. The van der Waals surface area contributed by atoms with E-state index in [0.717, 1.165) is 44.7 Å². The van der Waals surface area contributed by atoms with Crippen molar-refractivity contribution in [1.29, 1.82) is 0 Å². The summed E-state index contributed by atoms with van der Waals surface area (Å²) in [5.41, 5.74) is 7.00. The number of hydrogen-bond donors (Lipinski definition) is 1. The van der Waals surface area contributed by atoms with Crippen LogP contribution in [0.4, 0.5) is 0 Å². The number of carboxylic acids is 1. The zero-order valence-electron chi connectivity index (χ0n) is 21.6. The summed E-state index contributed by atoms with van der Waals surface area (Å²) in [5, 5.41) is 10.3. The molecule has 0 spiro atoms. The van der Waals surface area contributed by atoms with Crippen molar-refractivity contribution in [3.63, 3.8) is 0 Å². The molecular weight excluding hydrogens is 474 g/mol. The molecule has 38 heavy (non-hydrogen) atoms. The molecule has 192 valence electrons. The van der Waals surface area contributed by atoms with Crippen LogP contribution in [0.5, 0.6) is 5.75 Å². The maximum Gasteiger partial charge on any atom is 0.326 e. The molecule has 1 atom stereocenters. The molecule has 0 fully saturated rings. The second kappa shape index (κ2) is 10.9. The Labute approximate surface area is 223 Å². The normalized spacial score (nSPS) is 14.7. The number of fused-ring (bicyclic) bond motifs is 1. The van der Waals surface area contributed by atoms with Crippen LogP contribution in [0.15, 0.2) is 97.1 Å². The molecule has 0 bridgehead atoms. The van der Waals surface area contributed by atoms with Gasteiger partial charge in [0.25, 0.3) is 0 Å². The zero-order valence-corrected chi connectivity index (χ0v) is 21.6. The van der Waals surface area contributed by atoms with E-state index in [4.69, 9.17) is 4.74 Å². The molecule has 1 amide bonds. The number of nitrogens with zero attached hydrogens (tertiary/aromatic N) is 1. The Morgan fingerprint density at radius 3 is 2.16 bits per heavy atom. The first-order valence-corrected chi connectivity index (χ1v) is 12.8. The lowest BCUT2D eigenvalue weighted by molar-refractivity contribution is -0.151. The molecule has 0 radical (unpaired) electrons. The molecule has 0 saturated heterocycles. The summed E-state index contributed by atoms with van der Waals surface area (Å²) < 4.78 is 5.40. The summed E-state index contributed by atoms with van der Waals surface area (Å²) in [6.07, 6.45) is 0.961. The highest BCUT2D eigenvalue weighted by atomic mass is 16.5. The lowest BCUT2D eigenvalue weighted by Crippen LogP contribution is -2.50. The van der Waals surface area contributed by atoms with Gasteiger partial charge in [-0.25, -0.2) is 4.79 Å². The number of methoxy groups -OCH3 is 1. The molecule has 5 nitrogen and oxygen atoms in total. The van der Waals surface area contributed by atoms with E-state index in [0.29, 0.717) is 6.42 Å². The zero-order chi connectivity index (χ0) is 26.6. The average Bonchev–Trinajstić information content (AvgIpc) is 2.94. The van der Waals surface area contributed by atoms with E-state index in [2.05, 4.69) is 12.1 Å². The van der Waals surface area contributed by atoms with Gasteiger partial charge < -0.3 is 14.7 Å². The predicted octanol–water partition coefficient (Wildman–Crippen LogP) is 5.76. The summed E-state index contributed by atoms with van der Waals surface area (Å²) in [4.78, 5) is 28.3. The molecule has 0 saturated carbocycles. The number of aliphatic carboxylic acids is 1. The second-order valence-electron chi connectivity index (χ2n) is 9.81. The van der Waals surface area contributed by atoms with Gasteiger partial charge in [-0.05, 0) is 58.4 Å². The van der Waals surface area contributed by atoms with E-state index in [-0.39, 0.29) is 18.9 Å². The third-order valence-electron chi connectivity index (χ3n) is 7.42. The molecule has 5 heteroatoms. The quantitative estimate of drug-likeness (QED) is 0.347. The van der Waals surface area contributed by atoms with Gasteiger partial charge in [0.2, 0.25) is 5.91 Å². The maximum absolute atomic E-state index is 14.1. The first-order valence-electron chi connectivity index (χ1n) is 12.8. The fraction of sp³-hybridized carbons (Fsp3) is 0.212. The number of carboxylic acid groups (broad SMARTS) is 1. The van der Waals surface area contributed by atoms with Crippen molar-refractivity contribution in [3.8, 4) is 5.75 Å². The number of rotatable bonds is 7. The van der Waals surface area contributed by atoms with Crippen molar-refractivity contribution < 1.29 is 19.4 Å². The van der Waals surface area contributed by atoms with Crippen LogP contribution in [0.2, 0.25) is 0 Å². The third kappa shape index (κ3) is 5.05. The van der Waals surface area contributed by atoms with Crippen molar-refractivity contribution in [2.24, 2.45) is 0 Å². The van der Waals surface area contributed by atoms with Crippen molar-refractivity contribution in [2.45, 2.75) is 38.3 Å². The number of hydrogen-bond acceptors (Lipinski definition) is 3. The average molecular weight is 506 g/mol. The molecule has 1 aliphatic heterocycles. The molecule has 4 aromatic carbocycles. The van der Waals surface area contributed by atoms with E-state index in [9.17, 15) is 14.7 Å². The van der Waals surface area contributed by atoms with Crippen LogP contribution in [-0.4, -0.2) is 35.0 Å². The van der Waals surface area contributed by atoms with Gasteiger partial charge in [-0.15, -0.1) is 0 Å². The minimum atomic E-state index is -0.987.